The molecule has 0 spiro atoms. The molecule has 1 N–H and O–H groups in total. The van der Waals surface area contributed by atoms with Gasteiger partial charge in [-0.1, -0.05) is 78.2 Å². The fourth-order valence-corrected chi connectivity index (χ4v) is 5.78. The predicted molar refractivity (Wildman–Crippen MR) is 156 cm³/mol. The lowest BCUT2D eigenvalue weighted by Gasteiger charge is -2.32. The summed E-state index contributed by atoms with van der Waals surface area (Å²) in [5.74, 6) is -0.838. The number of benzene rings is 3. The van der Waals surface area contributed by atoms with Crippen molar-refractivity contribution in [2.45, 2.75) is 64.6 Å². The van der Waals surface area contributed by atoms with E-state index in [-0.39, 0.29) is 34.1 Å². The summed E-state index contributed by atoms with van der Waals surface area (Å²) in [6.07, 6.45) is 0.735. The van der Waals surface area contributed by atoms with Gasteiger partial charge >= 0.3 is 0 Å². The molecular formula is C30H36ClN3O4S. The minimum Gasteiger partial charge on any atom is -0.352 e. The fraction of sp³-hybridized carbons (Fsp3) is 0.333. The van der Waals surface area contributed by atoms with Crippen LogP contribution in [0.2, 0.25) is 5.02 Å². The zero-order valence-corrected chi connectivity index (χ0v) is 24.6. The zero-order chi connectivity index (χ0) is 28.7. The molecule has 3 aromatic rings. The van der Waals surface area contributed by atoms with Crippen molar-refractivity contribution in [2.24, 2.45) is 0 Å². The van der Waals surface area contributed by atoms with Crippen molar-refractivity contribution < 1.29 is 18.0 Å². The zero-order valence-electron chi connectivity index (χ0n) is 23.0. The largest absolute Gasteiger partial charge is 0.352 e. The Hall–Kier alpha value is -3.36. The summed E-state index contributed by atoms with van der Waals surface area (Å²) in [4.78, 5) is 28.5. The molecule has 0 radical (unpaired) electrons. The standard InChI is InChI=1S/C30H36ClN3O4S/c1-6-23(4)32-30(36)24(5)33(19-25-11-9-10-22(3)18-25)29(35)20-34(28-13-8-7-12-27(28)31)39(37,38)26-16-14-21(2)15-17-26/h7-18,23-24H,6,19-20H2,1-5H3,(H,32,36)/t23-,24-/m1/s1. The van der Waals surface area contributed by atoms with Crippen LogP contribution in [0, 0.1) is 13.8 Å². The van der Waals surface area contributed by atoms with Crippen molar-refractivity contribution in [1.82, 2.24) is 10.2 Å². The number of halogens is 1. The maximum absolute atomic E-state index is 14.0. The van der Waals surface area contributed by atoms with Gasteiger partial charge in [0.05, 0.1) is 15.6 Å². The van der Waals surface area contributed by atoms with E-state index in [0.717, 1.165) is 27.4 Å². The molecule has 0 heterocycles. The highest BCUT2D eigenvalue weighted by atomic mass is 35.5. The second-order valence-corrected chi connectivity index (χ2v) is 12.1. The maximum atomic E-state index is 14.0. The molecule has 9 heteroatoms. The third-order valence-electron chi connectivity index (χ3n) is 6.61. The highest BCUT2D eigenvalue weighted by molar-refractivity contribution is 7.92. The van der Waals surface area contributed by atoms with E-state index in [1.165, 1.54) is 17.0 Å². The molecule has 0 saturated carbocycles. The molecule has 3 rings (SSSR count). The third kappa shape index (κ3) is 7.61. The maximum Gasteiger partial charge on any atom is 0.264 e. The van der Waals surface area contributed by atoms with Gasteiger partial charge in [0.25, 0.3) is 10.0 Å². The second-order valence-electron chi connectivity index (χ2n) is 9.78. The molecule has 0 aromatic heterocycles. The van der Waals surface area contributed by atoms with Crippen LogP contribution in [-0.4, -0.2) is 43.8 Å². The van der Waals surface area contributed by atoms with Gasteiger partial charge in [-0.15, -0.1) is 0 Å². The van der Waals surface area contributed by atoms with Crippen molar-refractivity contribution in [1.29, 1.82) is 0 Å². The summed E-state index contributed by atoms with van der Waals surface area (Å²) in [5, 5.41) is 3.12. The highest BCUT2D eigenvalue weighted by Crippen LogP contribution is 2.31. The van der Waals surface area contributed by atoms with Crippen LogP contribution in [0.4, 0.5) is 5.69 Å². The SMILES string of the molecule is CC[C@@H](C)NC(=O)[C@@H](C)N(Cc1cccc(C)c1)C(=O)CN(c1ccccc1Cl)S(=O)(=O)c1ccc(C)cc1. The van der Waals surface area contributed by atoms with Crippen LogP contribution < -0.4 is 9.62 Å². The van der Waals surface area contributed by atoms with E-state index in [1.807, 2.05) is 52.0 Å². The smallest absolute Gasteiger partial charge is 0.264 e. The molecule has 0 unspecified atom stereocenters. The minimum atomic E-state index is -4.17. The number of nitrogens with zero attached hydrogens (tertiary/aromatic N) is 2. The summed E-state index contributed by atoms with van der Waals surface area (Å²) >= 11 is 6.44. The normalized spacial score (nSPS) is 12.9. The highest BCUT2D eigenvalue weighted by Gasteiger charge is 2.33. The first-order chi connectivity index (χ1) is 18.4. The summed E-state index contributed by atoms with van der Waals surface area (Å²) in [6.45, 7) is 8.92. The third-order valence-corrected chi connectivity index (χ3v) is 8.71. The first-order valence-electron chi connectivity index (χ1n) is 12.9. The molecule has 0 fully saturated rings. The molecule has 0 aliphatic rings. The van der Waals surface area contributed by atoms with Gasteiger partial charge < -0.3 is 10.2 Å². The van der Waals surface area contributed by atoms with Crippen molar-refractivity contribution in [3.05, 3.63) is 94.5 Å². The number of sulfonamides is 1. The molecule has 0 bridgehead atoms. The molecule has 0 saturated heterocycles. The number of carbonyl (C=O) groups excluding carboxylic acids is 2. The fourth-order valence-electron chi connectivity index (χ4n) is 4.06. The number of hydrogen-bond donors (Lipinski definition) is 1. The summed E-state index contributed by atoms with van der Waals surface area (Å²) in [5.41, 5.74) is 2.92. The Labute approximate surface area is 236 Å². The minimum absolute atomic E-state index is 0.0358. The van der Waals surface area contributed by atoms with Crippen LogP contribution in [0.1, 0.15) is 43.9 Å². The van der Waals surface area contributed by atoms with Gasteiger partial charge in [-0.25, -0.2) is 8.42 Å². The topological polar surface area (TPSA) is 86.8 Å². The van der Waals surface area contributed by atoms with Crippen LogP contribution in [-0.2, 0) is 26.2 Å². The quantitative estimate of drug-likeness (QED) is 0.331. The number of amides is 2. The Morgan fingerprint density at radius 2 is 1.59 bits per heavy atom. The molecule has 0 aliphatic carbocycles. The van der Waals surface area contributed by atoms with E-state index in [1.54, 1.807) is 43.3 Å². The number of carbonyl (C=O) groups is 2. The number of nitrogens with one attached hydrogen (secondary N) is 1. The van der Waals surface area contributed by atoms with Gasteiger partial charge in [0.2, 0.25) is 11.8 Å². The Bertz CT molecular complexity index is 1410. The molecule has 7 nitrogen and oxygen atoms in total. The molecular weight excluding hydrogens is 534 g/mol. The van der Waals surface area contributed by atoms with Gasteiger partial charge in [0.15, 0.2) is 0 Å². The first kappa shape index (κ1) is 30.2. The monoisotopic (exact) mass is 569 g/mol. The average Bonchev–Trinajstić information content (AvgIpc) is 2.90. The van der Waals surface area contributed by atoms with Gasteiger partial charge in [-0.3, -0.25) is 13.9 Å². The predicted octanol–water partition coefficient (Wildman–Crippen LogP) is 5.48. The van der Waals surface area contributed by atoms with Crippen LogP contribution >= 0.6 is 11.6 Å². The van der Waals surface area contributed by atoms with E-state index >= 15 is 0 Å². The lowest BCUT2D eigenvalue weighted by molar-refractivity contribution is -0.139. The Morgan fingerprint density at radius 1 is 0.923 bits per heavy atom. The molecule has 208 valence electrons. The molecule has 39 heavy (non-hydrogen) atoms. The molecule has 0 aliphatic heterocycles. The Kier molecular flexibility index (Phi) is 10.2. The van der Waals surface area contributed by atoms with Crippen molar-refractivity contribution in [3.8, 4) is 0 Å². The summed E-state index contributed by atoms with van der Waals surface area (Å²) in [7, 11) is -4.17. The van der Waals surface area contributed by atoms with Crippen LogP contribution in [0.25, 0.3) is 0 Å². The van der Waals surface area contributed by atoms with Crippen molar-refractivity contribution in [3.63, 3.8) is 0 Å². The van der Waals surface area contributed by atoms with Gasteiger partial charge in [-0.05, 0) is 63.9 Å². The van der Waals surface area contributed by atoms with Crippen molar-refractivity contribution >= 4 is 39.1 Å². The lowest BCUT2D eigenvalue weighted by Crippen LogP contribution is -2.52. The van der Waals surface area contributed by atoms with Crippen LogP contribution in [0.5, 0.6) is 0 Å². The summed E-state index contributed by atoms with van der Waals surface area (Å²) < 4.78 is 28.7. The first-order valence-corrected chi connectivity index (χ1v) is 14.7. The van der Waals surface area contributed by atoms with E-state index in [2.05, 4.69) is 5.32 Å². The van der Waals surface area contributed by atoms with Crippen molar-refractivity contribution in [2.75, 3.05) is 10.8 Å². The van der Waals surface area contributed by atoms with Gasteiger partial charge in [0, 0.05) is 12.6 Å². The average molecular weight is 570 g/mol. The number of aryl methyl sites for hydroxylation is 2. The Balaban J connectivity index is 2.04. The number of para-hydroxylation sites is 1. The van der Waals surface area contributed by atoms with E-state index in [4.69, 9.17) is 11.6 Å². The van der Waals surface area contributed by atoms with Gasteiger partial charge in [-0.2, -0.15) is 0 Å². The van der Waals surface area contributed by atoms with E-state index < -0.39 is 28.5 Å². The molecule has 3 aromatic carbocycles. The van der Waals surface area contributed by atoms with Crippen LogP contribution in [0.15, 0.2) is 77.7 Å². The molecule has 2 atom stereocenters. The van der Waals surface area contributed by atoms with E-state index in [0.29, 0.717) is 0 Å². The van der Waals surface area contributed by atoms with Gasteiger partial charge in [0.1, 0.15) is 12.6 Å². The Morgan fingerprint density at radius 3 is 2.21 bits per heavy atom. The number of anilines is 1. The molecule has 2 amide bonds. The second kappa shape index (κ2) is 13.1. The van der Waals surface area contributed by atoms with Crippen LogP contribution in [0.3, 0.4) is 0 Å². The lowest BCUT2D eigenvalue weighted by atomic mass is 10.1. The van der Waals surface area contributed by atoms with E-state index in [9.17, 15) is 18.0 Å². The number of hydrogen-bond acceptors (Lipinski definition) is 4. The summed E-state index contributed by atoms with van der Waals surface area (Å²) in [6, 6.07) is 19.6. The number of rotatable bonds is 11.